The fraction of sp³-hybridized carbons (Fsp3) is 0.417. The zero-order chi connectivity index (χ0) is 12.1. The van der Waals surface area contributed by atoms with Gasteiger partial charge in [0.2, 0.25) is 0 Å². The first-order valence-electron chi connectivity index (χ1n) is 5.23. The minimum Gasteiger partial charge on any atom is -0.395 e. The van der Waals surface area contributed by atoms with E-state index in [2.05, 4.69) is 0 Å². The zero-order valence-electron chi connectivity index (χ0n) is 9.48. The van der Waals surface area contributed by atoms with Crippen molar-refractivity contribution in [3.05, 3.63) is 28.8 Å². The van der Waals surface area contributed by atoms with Crippen LogP contribution < -0.4 is 4.90 Å². The second-order valence-electron chi connectivity index (χ2n) is 3.80. The number of anilines is 1. The Labute approximate surface area is 101 Å². The highest BCUT2D eigenvalue weighted by Gasteiger charge is 2.15. The predicted molar refractivity (Wildman–Crippen MR) is 66.4 cm³/mol. The van der Waals surface area contributed by atoms with E-state index in [4.69, 9.17) is 16.7 Å². The Kier molecular flexibility index (Phi) is 4.77. The molecule has 0 amide bonds. The fourth-order valence-corrected chi connectivity index (χ4v) is 1.87. The summed E-state index contributed by atoms with van der Waals surface area (Å²) >= 11 is 5.96. The van der Waals surface area contributed by atoms with Gasteiger partial charge in [0, 0.05) is 18.3 Å². The monoisotopic (exact) mass is 241 g/mol. The second kappa shape index (κ2) is 5.87. The standard InChI is InChI=1S/C12H16ClNO2/c1-9(2)14(6-7-15)12-5-3-4-11(13)10(12)8-16/h3-5,8-9,15H,6-7H2,1-2H3. The number of hydrogen-bond acceptors (Lipinski definition) is 3. The van der Waals surface area contributed by atoms with Crippen molar-refractivity contribution in [2.75, 3.05) is 18.1 Å². The van der Waals surface area contributed by atoms with Crippen molar-refractivity contribution in [2.24, 2.45) is 0 Å². The van der Waals surface area contributed by atoms with Gasteiger partial charge >= 0.3 is 0 Å². The first-order chi connectivity index (χ1) is 7.61. The van der Waals surface area contributed by atoms with Crippen molar-refractivity contribution >= 4 is 23.6 Å². The van der Waals surface area contributed by atoms with Crippen LogP contribution in [0, 0.1) is 0 Å². The van der Waals surface area contributed by atoms with Gasteiger partial charge in [0.05, 0.1) is 17.2 Å². The SMILES string of the molecule is CC(C)N(CCO)c1cccc(Cl)c1C=O. The van der Waals surface area contributed by atoms with Gasteiger partial charge in [-0.2, -0.15) is 0 Å². The summed E-state index contributed by atoms with van der Waals surface area (Å²) in [6.45, 7) is 4.54. The van der Waals surface area contributed by atoms with E-state index in [0.29, 0.717) is 17.1 Å². The van der Waals surface area contributed by atoms with E-state index < -0.39 is 0 Å². The lowest BCUT2D eigenvalue weighted by Gasteiger charge is -2.29. The van der Waals surface area contributed by atoms with Gasteiger partial charge in [-0.3, -0.25) is 4.79 Å². The minimum atomic E-state index is 0.0446. The van der Waals surface area contributed by atoms with E-state index in [0.717, 1.165) is 12.0 Å². The maximum atomic E-state index is 11.0. The zero-order valence-corrected chi connectivity index (χ0v) is 10.2. The van der Waals surface area contributed by atoms with Gasteiger partial charge in [-0.1, -0.05) is 17.7 Å². The van der Waals surface area contributed by atoms with Gasteiger partial charge in [-0.05, 0) is 26.0 Å². The second-order valence-corrected chi connectivity index (χ2v) is 4.21. The van der Waals surface area contributed by atoms with Crippen LogP contribution in [0.1, 0.15) is 24.2 Å². The predicted octanol–water partition coefficient (Wildman–Crippen LogP) is 2.36. The van der Waals surface area contributed by atoms with Crippen LogP contribution in [-0.4, -0.2) is 30.6 Å². The summed E-state index contributed by atoms with van der Waals surface area (Å²) in [6.07, 6.45) is 0.754. The van der Waals surface area contributed by atoms with Crippen LogP contribution in [-0.2, 0) is 0 Å². The molecule has 88 valence electrons. The number of carbonyl (C=O) groups excluding carboxylic acids is 1. The smallest absolute Gasteiger partial charge is 0.153 e. The lowest BCUT2D eigenvalue weighted by Crippen LogP contribution is -2.34. The molecule has 0 radical (unpaired) electrons. The number of carbonyl (C=O) groups is 1. The van der Waals surface area contributed by atoms with Gasteiger partial charge in [0.15, 0.2) is 6.29 Å². The van der Waals surface area contributed by atoms with Crippen LogP contribution in [0.15, 0.2) is 18.2 Å². The Morgan fingerprint density at radius 3 is 2.69 bits per heavy atom. The molecule has 1 aromatic rings. The number of aliphatic hydroxyl groups excluding tert-OH is 1. The Bertz CT molecular complexity index is 366. The molecule has 1 aromatic carbocycles. The molecule has 3 nitrogen and oxygen atoms in total. The van der Waals surface area contributed by atoms with Crippen LogP contribution in [0.3, 0.4) is 0 Å². The van der Waals surface area contributed by atoms with Gasteiger partial charge in [0.25, 0.3) is 0 Å². The topological polar surface area (TPSA) is 40.5 Å². The molecule has 0 saturated carbocycles. The summed E-state index contributed by atoms with van der Waals surface area (Å²) < 4.78 is 0. The van der Waals surface area contributed by atoms with Crippen molar-refractivity contribution in [2.45, 2.75) is 19.9 Å². The van der Waals surface area contributed by atoms with Gasteiger partial charge < -0.3 is 10.0 Å². The number of rotatable bonds is 5. The third-order valence-electron chi connectivity index (χ3n) is 2.42. The Morgan fingerprint density at radius 1 is 1.50 bits per heavy atom. The van der Waals surface area contributed by atoms with Crippen molar-refractivity contribution in [3.8, 4) is 0 Å². The summed E-state index contributed by atoms with van der Waals surface area (Å²) in [4.78, 5) is 13.0. The molecule has 0 saturated heterocycles. The highest BCUT2D eigenvalue weighted by Crippen LogP contribution is 2.27. The van der Waals surface area contributed by atoms with Crippen molar-refractivity contribution in [3.63, 3.8) is 0 Å². The average Bonchev–Trinajstić information content (AvgIpc) is 2.25. The molecule has 0 aliphatic heterocycles. The maximum Gasteiger partial charge on any atom is 0.153 e. The molecule has 16 heavy (non-hydrogen) atoms. The van der Waals surface area contributed by atoms with E-state index in [-0.39, 0.29) is 12.6 Å². The molecule has 0 fully saturated rings. The van der Waals surface area contributed by atoms with Gasteiger partial charge in [0.1, 0.15) is 0 Å². The number of halogens is 1. The van der Waals surface area contributed by atoms with Crippen LogP contribution in [0.25, 0.3) is 0 Å². The molecule has 0 aliphatic carbocycles. The number of hydrogen-bond donors (Lipinski definition) is 1. The molecule has 4 heteroatoms. The molecule has 0 aromatic heterocycles. The summed E-state index contributed by atoms with van der Waals surface area (Å²) in [7, 11) is 0. The summed E-state index contributed by atoms with van der Waals surface area (Å²) in [5.74, 6) is 0. The normalized spacial score (nSPS) is 10.6. The lowest BCUT2D eigenvalue weighted by atomic mass is 10.1. The van der Waals surface area contributed by atoms with Gasteiger partial charge in [-0.25, -0.2) is 0 Å². The van der Waals surface area contributed by atoms with Crippen LogP contribution in [0.5, 0.6) is 0 Å². The van der Waals surface area contributed by atoms with Crippen LogP contribution >= 0.6 is 11.6 Å². The summed E-state index contributed by atoms with van der Waals surface area (Å²) in [5.41, 5.74) is 1.25. The molecule has 0 unspecified atom stereocenters. The molecule has 0 bridgehead atoms. The van der Waals surface area contributed by atoms with Crippen molar-refractivity contribution in [1.29, 1.82) is 0 Å². The number of nitrogens with zero attached hydrogens (tertiary/aromatic N) is 1. The Morgan fingerprint density at radius 2 is 2.19 bits per heavy atom. The Hall–Kier alpha value is -1.06. The third kappa shape index (κ3) is 2.74. The number of aldehydes is 1. The first-order valence-corrected chi connectivity index (χ1v) is 5.60. The van der Waals surface area contributed by atoms with Gasteiger partial charge in [-0.15, -0.1) is 0 Å². The molecule has 1 rings (SSSR count). The molecular weight excluding hydrogens is 226 g/mol. The van der Waals surface area contributed by atoms with Crippen molar-refractivity contribution < 1.29 is 9.90 Å². The van der Waals surface area contributed by atoms with E-state index >= 15 is 0 Å². The molecule has 0 aliphatic rings. The number of aliphatic hydroxyl groups is 1. The highest BCUT2D eigenvalue weighted by atomic mass is 35.5. The molecule has 0 heterocycles. The third-order valence-corrected chi connectivity index (χ3v) is 2.75. The molecule has 0 atom stereocenters. The first kappa shape index (κ1) is 13.0. The average molecular weight is 242 g/mol. The van der Waals surface area contributed by atoms with E-state index in [1.807, 2.05) is 24.8 Å². The quantitative estimate of drug-likeness (QED) is 0.805. The minimum absolute atomic E-state index is 0.0446. The molecule has 0 spiro atoms. The van der Waals surface area contributed by atoms with E-state index in [1.54, 1.807) is 12.1 Å². The largest absolute Gasteiger partial charge is 0.395 e. The van der Waals surface area contributed by atoms with E-state index in [9.17, 15) is 4.79 Å². The highest BCUT2D eigenvalue weighted by molar-refractivity contribution is 6.33. The van der Waals surface area contributed by atoms with Crippen LogP contribution in [0.2, 0.25) is 5.02 Å². The van der Waals surface area contributed by atoms with E-state index in [1.165, 1.54) is 0 Å². The fourth-order valence-electron chi connectivity index (χ4n) is 1.66. The van der Waals surface area contributed by atoms with Crippen LogP contribution in [0.4, 0.5) is 5.69 Å². The molecular formula is C12H16ClNO2. The van der Waals surface area contributed by atoms with Crippen molar-refractivity contribution in [1.82, 2.24) is 0 Å². The molecule has 1 N–H and O–H groups in total. The summed E-state index contributed by atoms with van der Waals surface area (Å²) in [6, 6.07) is 5.53. The maximum absolute atomic E-state index is 11.0. The summed E-state index contributed by atoms with van der Waals surface area (Å²) in [5, 5.41) is 9.46. The number of benzene rings is 1. The Balaban J connectivity index is 3.17. The lowest BCUT2D eigenvalue weighted by molar-refractivity contribution is 0.112.